The van der Waals surface area contributed by atoms with Gasteiger partial charge in [0.05, 0.1) is 7.11 Å². The minimum absolute atomic E-state index is 0.0279. The van der Waals surface area contributed by atoms with E-state index in [0.29, 0.717) is 12.5 Å². The van der Waals surface area contributed by atoms with Crippen LogP contribution in [0.25, 0.3) is 0 Å². The number of para-hydroxylation sites is 1. The normalized spacial score (nSPS) is 17.3. The molecule has 0 bridgehead atoms. The van der Waals surface area contributed by atoms with Gasteiger partial charge >= 0.3 is 0 Å². The molecule has 5 heteroatoms. The monoisotopic (exact) mass is 313 g/mol. The second-order valence-electron chi connectivity index (χ2n) is 5.74. The number of carbonyl (C=O) groups excluding carboxylic acids is 1. The van der Waals surface area contributed by atoms with Crippen LogP contribution in [-0.4, -0.2) is 19.6 Å². The van der Waals surface area contributed by atoms with E-state index in [-0.39, 0.29) is 22.8 Å². The first kappa shape index (κ1) is 15.3. The van der Waals surface area contributed by atoms with Crippen LogP contribution in [0.15, 0.2) is 45.8 Å². The summed E-state index contributed by atoms with van der Waals surface area (Å²) in [5.74, 6) is 0.213. The van der Waals surface area contributed by atoms with E-state index < -0.39 is 0 Å². The summed E-state index contributed by atoms with van der Waals surface area (Å²) in [5.41, 5.74) is 1.67. The highest BCUT2D eigenvalue weighted by atomic mass is 16.5. The van der Waals surface area contributed by atoms with Gasteiger partial charge in [0.1, 0.15) is 6.26 Å². The number of carbonyl (C=O) groups is 1. The van der Waals surface area contributed by atoms with Gasteiger partial charge in [-0.25, -0.2) is 0 Å². The largest absolute Gasteiger partial charge is 0.490 e. The maximum Gasteiger partial charge on any atom is 0.294 e. The van der Waals surface area contributed by atoms with Crippen molar-refractivity contribution in [3.63, 3.8) is 0 Å². The van der Waals surface area contributed by atoms with Crippen LogP contribution in [0.4, 0.5) is 5.69 Å². The Labute approximate surface area is 134 Å². The molecule has 23 heavy (non-hydrogen) atoms. The van der Waals surface area contributed by atoms with Gasteiger partial charge in [0.25, 0.3) is 5.91 Å². The van der Waals surface area contributed by atoms with E-state index in [0.717, 1.165) is 24.1 Å². The van der Waals surface area contributed by atoms with Gasteiger partial charge in [0.2, 0.25) is 11.2 Å². The summed E-state index contributed by atoms with van der Waals surface area (Å²) in [5, 5.41) is 0. The SMILES string of the molecule is COc1coc(C(=O)N2CCCC(C)c3ccccc32)cc1=O. The van der Waals surface area contributed by atoms with Crippen LogP contribution >= 0.6 is 0 Å². The van der Waals surface area contributed by atoms with E-state index in [9.17, 15) is 9.59 Å². The summed E-state index contributed by atoms with van der Waals surface area (Å²) >= 11 is 0. The van der Waals surface area contributed by atoms with Crippen LogP contribution in [0.3, 0.4) is 0 Å². The third-order valence-electron chi connectivity index (χ3n) is 4.25. The number of amides is 1. The number of rotatable bonds is 2. The minimum Gasteiger partial charge on any atom is -0.490 e. The number of benzene rings is 1. The van der Waals surface area contributed by atoms with Crippen LogP contribution < -0.4 is 15.1 Å². The molecule has 0 N–H and O–H groups in total. The van der Waals surface area contributed by atoms with Crippen LogP contribution in [-0.2, 0) is 0 Å². The second-order valence-corrected chi connectivity index (χ2v) is 5.74. The number of hydrogen-bond acceptors (Lipinski definition) is 4. The Balaban J connectivity index is 2.00. The van der Waals surface area contributed by atoms with E-state index in [1.54, 1.807) is 4.90 Å². The predicted molar refractivity (Wildman–Crippen MR) is 87.3 cm³/mol. The predicted octanol–water partition coefficient (Wildman–Crippen LogP) is 3.19. The molecule has 0 fully saturated rings. The number of fused-ring (bicyclic) bond motifs is 1. The Hall–Kier alpha value is -2.56. The molecule has 2 heterocycles. The van der Waals surface area contributed by atoms with Crippen molar-refractivity contribution in [2.45, 2.75) is 25.7 Å². The fraction of sp³-hybridized carbons (Fsp3) is 0.333. The lowest BCUT2D eigenvalue weighted by Crippen LogP contribution is -2.32. The lowest BCUT2D eigenvalue weighted by atomic mass is 9.96. The Bertz CT molecular complexity index is 781. The maximum atomic E-state index is 12.8. The topological polar surface area (TPSA) is 59.8 Å². The van der Waals surface area contributed by atoms with Crippen LogP contribution in [0, 0.1) is 0 Å². The van der Waals surface area contributed by atoms with Crippen molar-refractivity contribution in [3.8, 4) is 5.75 Å². The molecule has 0 saturated heterocycles. The average molecular weight is 313 g/mol. The number of nitrogens with zero attached hydrogens (tertiary/aromatic N) is 1. The first-order valence-electron chi connectivity index (χ1n) is 7.69. The van der Waals surface area contributed by atoms with Gasteiger partial charge in [-0.1, -0.05) is 25.1 Å². The zero-order valence-corrected chi connectivity index (χ0v) is 13.2. The van der Waals surface area contributed by atoms with Gasteiger partial charge in [-0.05, 0) is 30.4 Å². The summed E-state index contributed by atoms with van der Waals surface area (Å²) in [6.45, 7) is 2.77. The number of methoxy groups -OCH3 is 1. The van der Waals surface area contributed by atoms with Crippen LogP contribution in [0.2, 0.25) is 0 Å². The number of hydrogen-bond donors (Lipinski definition) is 0. The average Bonchev–Trinajstić information content (AvgIpc) is 2.74. The van der Waals surface area contributed by atoms with Crippen LogP contribution in [0.5, 0.6) is 5.75 Å². The highest BCUT2D eigenvalue weighted by Crippen LogP contribution is 2.34. The van der Waals surface area contributed by atoms with E-state index in [1.165, 1.54) is 19.4 Å². The maximum absolute atomic E-state index is 12.8. The molecule has 1 aliphatic rings. The molecule has 1 aliphatic heterocycles. The van der Waals surface area contributed by atoms with Gasteiger partial charge in [-0.15, -0.1) is 0 Å². The molecule has 1 atom stereocenters. The molecule has 2 aromatic rings. The van der Waals surface area contributed by atoms with E-state index in [4.69, 9.17) is 9.15 Å². The molecule has 5 nitrogen and oxygen atoms in total. The third kappa shape index (κ3) is 2.86. The fourth-order valence-corrected chi connectivity index (χ4v) is 2.99. The highest BCUT2D eigenvalue weighted by molar-refractivity contribution is 6.04. The smallest absolute Gasteiger partial charge is 0.294 e. The van der Waals surface area contributed by atoms with E-state index in [2.05, 4.69) is 13.0 Å². The molecule has 0 saturated carbocycles. The van der Waals surface area contributed by atoms with E-state index >= 15 is 0 Å². The summed E-state index contributed by atoms with van der Waals surface area (Å²) in [6, 6.07) is 9.09. The van der Waals surface area contributed by atoms with Gasteiger partial charge in [0.15, 0.2) is 5.76 Å². The van der Waals surface area contributed by atoms with Crippen molar-refractivity contribution in [1.29, 1.82) is 0 Å². The van der Waals surface area contributed by atoms with Crippen molar-refractivity contribution >= 4 is 11.6 Å². The molecule has 1 amide bonds. The molecule has 1 unspecified atom stereocenters. The Morgan fingerprint density at radius 1 is 1.35 bits per heavy atom. The minimum atomic E-state index is -0.362. The molecule has 3 rings (SSSR count). The molecular formula is C18H19NO4. The Morgan fingerprint density at radius 3 is 2.87 bits per heavy atom. The van der Waals surface area contributed by atoms with Gasteiger partial charge in [0, 0.05) is 18.3 Å². The fourth-order valence-electron chi connectivity index (χ4n) is 2.99. The Morgan fingerprint density at radius 2 is 2.13 bits per heavy atom. The van der Waals surface area contributed by atoms with Crippen molar-refractivity contribution < 1.29 is 13.9 Å². The third-order valence-corrected chi connectivity index (χ3v) is 4.25. The number of ether oxygens (including phenoxy) is 1. The quantitative estimate of drug-likeness (QED) is 0.854. The summed E-state index contributed by atoms with van der Waals surface area (Å²) in [6.07, 6.45) is 3.11. The molecule has 0 spiro atoms. The molecule has 120 valence electrons. The van der Waals surface area contributed by atoms with Gasteiger partial charge in [-0.3, -0.25) is 9.59 Å². The number of anilines is 1. The van der Waals surface area contributed by atoms with Crippen molar-refractivity contribution in [3.05, 3.63) is 58.1 Å². The van der Waals surface area contributed by atoms with Crippen molar-refractivity contribution in [2.75, 3.05) is 18.6 Å². The molecule has 1 aromatic carbocycles. The van der Waals surface area contributed by atoms with Gasteiger partial charge < -0.3 is 14.1 Å². The molecule has 0 radical (unpaired) electrons. The van der Waals surface area contributed by atoms with Gasteiger partial charge in [-0.2, -0.15) is 0 Å². The second kappa shape index (κ2) is 6.28. The first-order chi connectivity index (χ1) is 11.1. The lowest BCUT2D eigenvalue weighted by Gasteiger charge is -2.22. The van der Waals surface area contributed by atoms with E-state index in [1.807, 2.05) is 18.2 Å². The zero-order valence-electron chi connectivity index (χ0n) is 13.2. The van der Waals surface area contributed by atoms with Crippen molar-refractivity contribution in [1.82, 2.24) is 0 Å². The summed E-state index contributed by atoms with van der Waals surface area (Å²) < 4.78 is 10.2. The standard InChI is InChI=1S/C18H19NO4/c1-12-6-5-9-19(14-8-4-3-7-13(12)14)18(21)16-10-15(20)17(22-2)11-23-16/h3-4,7-8,10-12H,5-6,9H2,1-2H3. The molecular weight excluding hydrogens is 294 g/mol. The summed E-state index contributed by atoms with van der Waals surface area (Å²) in [7, 11) is 1.39. The van der Waals surface area contributed by atoms with Crippen molar-refractivity contribution in [2.24, 2.45) is 0 Å². The summed E-state index contributed by atoms with van der Waals surface area (Å²) in [4.78, 5) is 26.4. The zero-order chi connectivity index (χ0) is 16.4. The van der Waals surface area contributed by atoms with Crippen LogP contribution in [0.1, 0.15) is 41.8 Å². The highest BCUT2D eigenvalue weighted by Gasteiger charge is 2.26. The molecule has 0 aliphatic carbocycles. The first-order valence-corrected chi connectivity index (χ1v) is 7.69. The Kier molecular flexibility index (Phi) is 4.19. The molecule has 1 aromatic heterocycles. The lowest BCUT2D eigenvalue weighted by molar-refractivity contribution is 0.0957.